The summed E-state index contributed by atoms with van der Waals surface area (Å²) in [6, 6.07) is 7.31. The lowest BCUT2D eigenvalue weighted by Gasteiger charge is -2.05. The molecule has 0 fully saturated rings. The van der Waals surface area contributed by atoms with Crippen molar-refractivity contribution in [1.82, 2.24) is 20.2 Å². The van der Waals surface area contributed by atoms with Gasteiger partial charge in [-0.15, -0.1) is 5.10 Å². The third kappa shape index (κ3) is 3.47. The lowest BCUT2D eigenvalue weighted by atomic mass is 10.3. The van der Waals surface area contributed by atoms with Crippen LogP contribution >= 0.6 is 11.8 Å². The average Bonchev–Trinajstić information content (AvgIpc) is 2.94. The van der Waals surface area contributed by atoms with E-state index in [9.17, 15) is 4.79 Å². The number of aromatic nitrogens is 4. The molecule has 0 unspecified atom stereocenters. The SMILES string of the molecule is CCOC(=O)CSc1nnnn1-c1ccc(OC)cc1. The lowest BCUT2D eigenvalue weighted by Crippen LogP contribution is -2.08. The van der Waals surface area contributed by atoms with Gasteiger partial charge in [0.15, 0.2) is 0 Å². The fourth-order valence-electron chi connectivity index (χ4n) is 1.48. The molecular formula is C12H14N4O3S. The predicted molar refractivity (Wildman–Crippen MR) is 73.1 cm³/mol. The molecule has 0 amide bonds. The van der Waals surface area contributed by atoms with Gasteiger partial charge in [-0.1, -0.05) is 11.8 Å². The van der Waals surface area contributed by atoms with E-state index in [1.165, 1.54) is 11.8 Å². The van der Waals surface area contributed by atoms with E-state index in [0.29, 0.717) is 11.8 Å². The first kappa shape index (κ1) is 14.3. The van der Waals surface area contributed by atoms with Crippen molar-refractivity contribution >= 4 is 17.7 Å². The molecule has 0 radical (unpaired) electrons. The summed E-state index contributed by atoms with van der Waals surface area (Å²) in [7, 11) is 1.60. The highest BCUT2D eigenvalue weighted by Gasteiger charge is 2.11. The molecule has 1 aromatic heterocycles. The monoisotopic (exact) mass is 294 g/mol. The quantitative estimate of drug-likeness (QED) is 0.587. The molecule has 0 saturated carbocycles. The van der Waals surface area contributed by atoms with E-state index in [1.54, 1.807) is 18.7 Å². The zero-order chi connectivity index (χ0) is 14.4. The van der Waals surface area contributed by atoms with Crippen molar-refractivity contribution in [3.63, 3.8) is 0 Å². The maximum absolute atomic E-state index is 11.3. The Hall–Kier alpha value is -2.09. The van der Waals surface area contributed by atoms with Gasteiger partial charge in [-0.25, -0.2) is 0 Å². The molecule has 106 valence electrons. The van der Waals surface area contributed by atoms with Crippen molar-refractivity contribution < 1.29 is 14.3 Å². The highest BCUT2D eigenvalue weighted by atomic mass is 32.2. The highest BCUT2D eigenvalue weighted by Crippen LogP contribution is 2.20. The topological polar surface area (TPSA) is 79.1 Å². The van der Waals surface area contributed by atoms with Gasteiger partial charge in [-0.3, -0.25) is 4.79 Å². The zero-order valence-corrected chi connectivity index (χ0v) is 12.0. The minimum absolute atomic E-state index is 0.171. The molecule has 0 bridgehead atoms. The molecule has 2 aromatic rings. The summed E-state index contributed by atoms with van der Waals surface area (Å²) in [5.41, 5.74) is 0.794. The number of esters is 1. The van der Waals surface area contributed by atoms with E-state index in [4.69, 9.17) is 9.47 Å². The van der Waals surface area contributed by atoms with Crippen molar-refractivity contribution in [2.75, 3.05) is 19.5 Å². The van der Waals surface area contributed by atoms with Crippen LogP contribution in [0.25, 0.3) is 5.69 Å². The summed E-state index contributed by atoms with van der Waals surface area (Å²) in [5.74, 6) is 0.633. The van der Waals surface area contributed by atoms with Crippen molar-refractivity contribution in [2.45, 2.75) is 12.1 Å². The number of rotatable bonds is 6. The van der Waals surface area contributed by atoms with Gasteiger partial charge in [0.2, 0.25) is 5.16 Å². The maximum Gasteiger partial charge on any atom is 0.316 e. The van der Waals surface area contributed by atoms with Gasteiger partial charge < -0.3 is 9.47 Å². The summed E-state index contributed by atoms with van der Waals surface area (Å²) in [5, 5.41) is 12.0. The standard InChI is InChI=1S/C12H14N4O3S/c1-3-19-11(17)8-20-12-13-14-15-16(12)9-4-6-10(18-2)7-5-9/h4-7H,3,8H2,1-2H3. The number of hydrogen-bond acceptors (Lipinski definition) is 7. The van der Waals surface area contributed by atoms with E-state index >= 15 is 0 Å². The van der Waals surface area contributed by atoms with Crippen LogP contribution in [0.5, 0.6) is 5.75 Å². The summed E-state index contributed by atoms with van der Waals surface area (Å²) in [4.78, 5) is 11.3. The van der Waals surface area contributed by atoms with Gasteiger partial charge in [0.25, 0.3) is 0 Å². The molecule has 8 heteroatoms. The van der Waals surface area contributed by atoms with Crippen LogP contribution in [-0.4, -0.2) is 45.6 Å². The number of hydrogen-bond donors (Lipinski definition) is 0. The molecule has 0 N–H and O–H groups in total. The van der Waals surface area contributed by atoms with Gasteiger partial charge in [0.1, 0.15) is 5.75 Å². The van der Waals surface area contributed by atoms with Crippen molar-refractivity contribution in [2.24, 2.45) is 0 Å². The van der Waals surface area contributed by atoms with Crippen molar-refractivity contribution in [3.8, 4) is 11.4 Å². The number of nitrogens with zero attached hydrogens (tertiary/aromatic N) is 4. The van der Waals surface area contributed by atoms with E-state index in [2.05, 4.69) is 15.5 Å². The third-order valence-electron chi connectivity index (χ3n) is 2.38. The Labute approximate surface area is 120 Å². The fraction of sp³-hybridized carbons (Fsp3) is 0.333. The number of ether oxygens (including phenoxy) is 2. The number of carbonyl (C=O) groups excluding carboxylic acids is 1. The summed E-state index contributed by atoms with van der Waals surface area (Å²) in [6.07, 6.45) is 0. The first-order chi connectivity index (χ1) is 9.74. The zero-order valence-electron chi connectivity index (χ0n) is 11.1. The number of carbonyl (C=O) groups is 1. The Balaban J connectivity index is 2.09. The fourth-order valence-corrected chi connectivity index (χ4v) is 2.17. The summed E-state index contributed by atoms with van der Waals surface area (Å²) < 4.78 is 11.5. The number of benzene rings is 1. The third-order valence-corrected chi connectivity index (χ3v) is 3.28. The first-order valence-electron chi connectivity index (χ1n) is 5.95. The van der Waals surface area contributed by atoms with Crippen LogP contribution in [0.15, 0.2) is 29.4 Å². The second kappa shape index (κ2) is 6.90. The minimum atomic E-state index is -0.290. The van der Waals surface area contributed by atoms with Gasteiger partial charge in [0.05, 0.1) is 25.2 Å². The van der Waals surface area contributed by atoms with E-state index in [0.717, 1.165) is 11.4 Å². The Kier molecular flexibility index (Phi) is 4.94. The Morgan fingerprint density at radius 3 is 2.75 bits per heavy atom. The molecule has 7 nitrogen and oxygen atoms in total. The Morgan fingerprint density at radius 2 is 2.10 bits per heavy atom. The Bertz CT molecular complexity index is 570. The van der Waals surface area contributed by atoms with Gasteiger partial charge >= 0.3 is 5.97 Å². The molecule has 1 heterocycles. The van der Waals surface area contributed by atoms with E-state index in [1.807, 2.05) is 24.3 Å². The summed E-state index contributed by atoms with van der Waals surface area (Å²) >= 11 is 1.23. The molecule has 0 aliphatic rings. The maximum atomic E-state index is 11.3. The van der Waals surface area contributed by atoms with Crippen LogP contribution < -0.4 is 4.74 Å². The normalized spacial score (nSPS) is 10.3. The van der Waals surface area contributed by atoms with Crippen LogP contribution in [0.4, 0.5) is 0 Å². The van der Waals surface area contributed by atoms with Crippen LogP contribution in [0.1, 0.15) is 6.92 Å². The van der Waals surface area contributed by atoms with Crippen molar-refractivity contribution in [3.05, 3.63) is 24.3 Å². The minimum Gasteiger partial charge on any atom is -0.497 e. The Morgan fingerprint density at radius 1 is 1.35 bits per heavy atom. The van der Waals surface area contributed by atoms with Gasteiger partial charge in [0, 0.05) is 0 Å². The molecule has 20 heavy (non-hydrogen) atoms. The molecular weight excluding hydrogens is 280 g/mol. The smallest absolute Gasteiger partial charge is 0.316 e. The molecule has 1 aromatic carbocycles. The first-order valence-corrected chi connectivity index (χ1v) is 6.94. The van der Waals surface area contributed by atoms with Crippen LogP contribution in [0.3, 0.4) is 0 Å². The summed E-state index contributed by atoms with van der Waals surface area (Å²) in [6.45, 7) is 2.13. The van der Waals surface area contributed by atoms with E-state index < -0.39 is 0 Å². The second-order valence-corrected chi connectivity index (χ2v) is 4.61. The molecule has 0 atom stereocenters. The second-order valence-electron chi connectivity index (χ2n) is 3.66. The van der Waals surface area contributed by atoms with Crippen molar-refractivity contribution in [1.29, 1.82) is 0 Å². The average molecular weight is 294 g/mol. The van der Waals surface area contributed by atoms with Crippen LogP contribution in [0.2, 0.25) is 0 Å². The largest absolute Gasteiger partial charge is 0.497 e. The number of methoxy groups -OCH3 is 1. The molecule has 0 aliphatic carbocycles. The molecule has 0 saturated heterocycles. The highest BCUT2D eigenvalue weighted by molar-refractivity contribution is 7.99. The lowest BCUT2D eigenvalue weighted by molar-refractivity contribution is -0.139. The molecule has 0 aliphatic heterocycles. The van der Waals surface area contributed by atoms with Gasteiger partial charge in [-0.05, 0) is 41.6 Å². The predicted octanol–water partition coefficient (Wildman–Crippen LogP) is 1.33. The van der Waals surface area contributed by atoms with Crippen LogP contribution in [0, 0.1) is 0 Å². The number of tetrazole rings is 1. The van der Waals surface area contributed by atoms with Gasteiger partial charge in [-0.2, -0.15) is 4.68 Å². The molecule has 0 spiro atoms. The number of thioether (sulfide) groups is 1. The molecule has 2 rings (SSSR count). The van der Waals surface area contributed by atoms with Crippen LogP contribution in [-0.2, 0) is 9.53 Å². The van der Waals surface area contributed by atoms with E-state index in [-0.39, 0.29) is 11.7 Å².